The number of amides is 1. The second-order valence-electron chi connectivity index (χ2n) is 6.33. The normalized spacial score (nSPS) is 10.5. The van der Waals surface area contributed by atoms with Gasteiger partial charge in [-0.25, -0.2) is 0 Å². The van der Waals surface area contributed by atoms with Gasteiger partial charge in [-0.05, 0) is 48.4 Å². The van der Waals surface area contributed by atoms with E-state index in [0.717, 1.165) is 29.0 Å². The molecule has 3 aromatic rings. The Morgan fingerprint density at radius 2 is 1.61 bits per heavy atom. The maximum Gasteiger partial charge on any atom is 0.236 e. The third-order valence-corrected chi connectivity index (χ3v) is 4.44. The standard InChI is InChI=1S/C21H23N3O4/c1-24(13-12-15-4-8-17(26-2)9-5-15)20(25)14-19-22-21(23-28-19)16-6-10-18(27-3)11-7-16/h4-11H,12-14H2,1-3H3. The van der Waals surface area contributed by atoms with Crippen LogP contribution in [0.25, 0.3) is 11.4 Å². The van der Waals surface area contributed by atoms with Gasteiger partial charge in [0.25, 0.3) is 0 Å². The highest BCUT2D eigenvalue weighted by Crippen LogP contribution is 2.20. The number of ether oxygens (including phenoxy) is 2. The number of aromatic nitrogens is 2. The molecule has 146 valence electrons. The van der Waals surface area contributed by atoms with Crippen LogP contribution in [0.15, 0.2) is 53.1 Å². The van der Waals surface area contributed by atoms with Gasteiger partial charge in [0.2, 0.25) is 17.6 Å². The molecule has 0 saturated carbocycles. The SMILES string of the molecule is COc1ccc(CCN(C)C(=O)Cc2nc(-c3ccc(OC)cc3)no2)cc1. The highest BCUT2D eigenvalue weighted by molar-refractivity contribution is 5.77. The minimum Gasteiger partial charge on any atom is -0.497 e. The van der Waals surface area contributed by atoms with Crippen molar-refractivity contribution in [2.45, 2.75) is 12.8 Å². The lowest BCUT2D eigenvalue weighted by molar-refractivity contribution is -0.129. The number of benzene rings is 2. The fraction of sp³-hybridized carbons (Fsp3) is 0.286. The van der Waals surface area contributed by atoms with E-state index < -0.39 is 0 Å². The summed E-state index contributed by atoms with van der Waals surface area (Å²) in [6.07, 6.45) is 0.829. The minimum atomic E-state index is -0.0709. The first-order valence-electron chi connectivity index (χ1n) is 8.93. The van der Waals surface area contributed by atoms with Crippen molar-refractivity contribution in [1.82, 2.24) is 15.0 Å². The number of hydrogen-bond donors (Lipinski definition) is 0. The number of methoxy groups -OCH3 is 2. The largest absolute Gasteiger partial charge is 0.497 e. The quantitative estimate of drug-likeness (QED) is 0.597. The molecule has 0 fully saturated rings. The van der Waals surface area contributed by atoms with Gasteiger partial charge in [-0.15, -0.1) is 0 Å². The van der Waals surface area contributed by atoms with Crippen LogP contribution in [0.1, 0.15) is 11.5 Å². The summed E-state index contributed by atoms with van der Waals surface area (Å²) in [5.41, 5.74) is 1.94. The van der Waals surface area contributed by atoms with Crippen molar-refractivity contribution in [2.75, 3.05) is 27.8 Å². The second kappa shape index (κ2) is 9.03. The summed E-state index contributed by atoms with van der Waals surface area (Å²) in [6.45, 7) is 0.602. The summed E-state index contributed by atoms with van der Waals surface area (Å²) >= 11 is 0. The zero-order valence-corrected chi connectivity index (χ0v) is 16.2. The van der Waals surface area contributed by atoms with E-state index in [0.29, 0.717) is 18.3 Å². The number of nitrogens with zero attached hydrogens (tertiary/aromatic N) is 3. The molecule has 0 bridgehead atoms. The Kier molecular flexibility index (Phi) is 6.26. The van der Waals surface area contributed by atoms with Gasteiger partial charge in [0.05, 0.1) is 14.2 Å². The monoisotopic (exact) mass is 381 g/mol. The van der Waals surface area contributed by atoms with Gasteiger partial charge in [-0.1, -0.05) is 17.3 Å². The average Bonchev–Trinajstić information content (AvgIpc) is 3.20. The van der Waals surface area contributed by atoms with E-state index in [-0.39, 0.29) is 12.3 Å². The Morgan fingerprint density at radius 3 is 2.21 bits per heavy atom. The van der Waals surface area contributed by atoms with Crippen molar-refractivity contribution in [3.05, 3.63) is 60.0 Å². The van der Waals surface area contributed by atoms with E-state index in [9.17, 15) is 4.79 Å². The van der Waals surface area contributed by atoms with Crippen molar-refractivity contribution < 1.29 is 18.8 Å². The summed E-state index contributed by atoms with van der Waals surface area (Å²) in [4.78, 5) is 18.4. The summed E-state index contributed by atoms with van der Waals surface area (Å²) < 4.78 is 15.5. The molecule has 0 radical (unpaired) electrons. The van der Waals surface area contributed by atoms with Crippen LogP contribution < -0.4 is 9.47 Å². The van der Waals surface area contributed by atoms with Crippen LogP contribution in [0.3, 0.4) is 0 Å². The molecular weight excluding hydrogens is 358 g/mol. The van der Waals surface area contributed by atoms with Crippen molar-refractivity contribution in [2.24, 2.45) is 0 Å². The average molecular weight is 381 g/mol. The first-order valence-corrected chi connectivity index (χ1v) is 8.93. The molecule has 1 aromatic heterocycles. The fourth-order valence-corrected chi connectivity index (χ4v) is 2.66. The first-order chi connectivity index (χ1) is 13.6. The highest BCUT2D eigenvalue weighted by atomic mass is 16.5. The molecule has 0 aliphatic carbocycles. The van der Waals surface area contributed by atoms with Gasteiger partial charge >= 0.3 is 0 Å². The maximum atomic E-state index is 12.4. The zero-order valence-electron chi connectivity index (χ0n) is 16.2. The summed E-state index contributed by atoms with van der Waals surface area (Å²) in [7, 11) is 5.02. The van der Waals surface area contributed by atoms with Crippen LogP contribution >= 0.6 is 0 Å². The van der Waals surface area contributed by atoms with Gasteiger partial charge in [0.1, 0.15) is 17.9 Å². The Morgan fingerprint density at radius 1 is 1.00 bits per heavy atom. The predicted octanol–water partition coefficient (Wildman–Crippen LogP) is 3.00. The first kappa shape index (κ1) is 19.4. The lowest BCUT2D eigenvalue weighted by atomic mass is 10.1. The van der Waals surface area contributed by atoms with Crippen LogP contribution in [-0.4, -0.2) is 48.8 Å². The van der Waals surface area contributed by atoms with Crippen molar-refractivity contribution >= 4 is 5.91 Å². The van der Waals surface area contributed by atoms with E-state index in [1.54, 1.807) is 26.2 Å². The van der Waals surface area contributed by atoms with E-state index >= 15 is 0 Å². The Hall–Kier alpha value is -3.35. The molecule has 28 heavy (non-hydrogen) atoms. The lowest BCUT2D eigenvalue weighted by Gasteiger charge is -2.16. The van der Waals surface area contributed by atoms with E-state index in [4.69, 9.17) is 14.0 Å². The molecule has 0 aliphatic heterocycles. The van der Waals surface area contributed by atoms with Gasteiger partial charge in [-0.2, -0.15) is 4.98 Å². The number of carbonyl (C=O) groups excluding carboxylic acids is 1. The molecule has 0 unspecified atom stereocenters. The van der Waals surface area contributed by atoms with Crippen LogP contribution in [0, 0.1) is 0 Å². The summed E-state index contributed by atoms with van der Waals surface area (Å²) in [6, 6.07) is 15.2. The molecule has 0 N–H and O–H groups in total. The fourth-order valence-electron chi connectivity index (χ4n) is 2.66. The predicted molar refractivity (Wildman–Crippen MR) is 104 cm³/mol. The molecule has 1 heterocycles. The van der Waals surface area contributed by atoms with E-state index in [2.05, 4.69) is 10.1 Å². The van der Waals surface area contributed by atoms with Crippen molar-refractivity contribution in [3.8, 4) is 22.9 Å². The Balaban J connectivity index is 1.54. The van der Waals surface area contributed by atoms with Crippen LogP contribution in [0.2, 0.25) is 0 Å². The molecule has 7 nitrogen and oxygen atoms in total. The van der Waals surface area contributed by atoms with Crippen LogP contribution in [-0.2, 0) is 17.6 Å². The zero-order chi connectivity index (χ0) is 19.9. The number of rotatable bonds is 8. The molecule has 0 aliphatic rings. The van der Waals surface area contributed by atoms with Gasteiger partial charge in [-0.3, -0.25) is 4.79 Å². The Bertz CT molecular complexity index is 904. The molecule has 3 rings (SSSR count). The van der Waals surface area contributed by atoms with Crippen LogP contribution in [0.4, 0.5) is 0 Å². The smallest absolute Gasteiger partial charge is 0.236 e. The molecule has 0 spiro atoms. The topological polar surface area (TPSA) is 77.7 Å². The summed E-state index contributed by atoms with van der Waals surface area (Å²) in [5, 5.41) is 3.95. The molecule has 0 saturated heterocycles. The minimum absolute atomic E-state index is 0.0709. The Labute approximate surface area is 163 Å². The van der Waals surface area contributed by atoms with Crippen molar-refractivity contribution in [3.63, 3.8) is 0 Å². The molecule has 0 atom stereocenters. The number of hydrogen-bond acceptors (Lipinski definition) is 6. The van der Waals surface area contributed by atoms with Crippen molar-refractivity contribution in [1.29, 1.82) is 0 Å². The lowest BCUT2D eigenvalue weighted by Crippen LogP contribution is -2.30. The maximum absolute atomic E-state index is 12.4. The van der Waals surface area contributed by atoms with Gasteiger partial charge < -0.3 is 18.9 Å². The molecule has 1 amide bonds. The number of likely N-dealkylation sites (N-methyl/N-ethyl adjacent to an activating group) is 1. The summed E-state index contributed by atoms with van der Waals surface area (Å²) in [5.74, 6) is 2.25. The second-order valence-corrected chi connectivity index (χ2v) is 6.33. The van der Waals surface area contributed by atoms with Crippen LogP contribution in [0.5, 0.6) is 11.5 Å². The third kappa shape index (κ3) is 4.88. The van der Waals surface area contributed by atoms with Gasteiger partial charge in [0.15, 0.2) is 0 Å². The van der Waals surface area contributed by atoms with E-state index in [1.165, 1.54) is 0 Å². The van der Waals surface area contributed by atoms with Gasteiger partial charge in [0, 0.05) is 19.2 Å². The molecular formula is C21H23N3O4. The molecule has 2 aromatic carbocycles. The number of carbonyl (C=O) groups is 1. The molecule has 7 heteroatoms. The highest BCUT2D eigenvalue weighted by Gasteiger charge is 2.16. The van der Waals surface area contributed by atoms with E-state index in [1.807, 2.05) is 48.5 Å². The third-order valence-electron chi connectivity index (χ3n) is 4.44.